The second kappa shape index (κ2) is 9.61. The van der Waals surface area contributed by atoms with Crippen LogP contribution in [0, 0.1) is 0 Å². The lowest BCUT2D eigenvalue weighted by molar-refractivity contribution is -0.180. The van der Waals surface area contributed by atoms with Gasteiger partial charge in [-0.1, -0.05) is 0 Å². The number of ether oxygens (including phenoxy) is 1. The molecule has 1 aliphatic rings. The molecule has 164 valence electrons. The predicted molar refractivity (Wildman–Crippen MR) is 104 cm³/mol. The van der Waals surface area contributed by atoms with E-state index >= 15 is 0 Å². The van der Waals surface area contributed by atoms with Crippen molar-refractivity contribution in [3.8, 4) is 0 Å². The molecule has 2 amide bonds. The van der Waals surface area contributed by atoms with E-state index in [1.165, 1.54) is 26.1 Å². The Morgan fingerprint density at radius 2 is 1.97 bits per heavy atom. The highest BCUT2D eigenvalue weighted by Crippen LogP contribution is 2.21. The second-order valence-electron chi connectivity index (χ2n) is 6.82. The number of carbonyl (C=O) groups is 2. The molecule has 11 heteroatoms. The van der Waals surface area contributed by atoms with Gasteiger partial charge in [-0.3, -0.25) is 15.0 Å². The molecule has 0 spiro atoms. The zero-order valence-corrected chi connectivity index (χ0v) is 17.0. The fourth-order valence-electron chi connectivity index (χ4n) is 2.73. The number of anilines is 1. The van der Waals surface area contributed by atoms with Crippen molar-refractivity contribution in [2.24, 2.45) is 0 Å². The van der Waals surface area contributed by atoms with Gasteiger partial charge in [0, 0.05) is 13.1 Å². The number of nitrogens with zero attached hydrogens (tertiary/aromatic N) is 1. The van der Waals surface area contributed by atoms with Gasteiger partial charge < -0.3 is 20.8 Å². The number of rotatable bonds is 7. The molecule has 4 N–H and O–H groups in total. The van der Waals surface area contributed by atoms with Gasteiger partial charge in [-0.2, -0.15) is 13.2 Å². The van der Waals surface area contributed by atoms with Crippen molar-refractivity contribution in [1.29, 1.82) is 0 Å². The lowest BCUT2D eigenvalue weighted by atomic mass is 10.1. The van der Waals surface area contributed by atoms with Crippen molar-refractivity contribution in [2.75, 3.05) is 11.9 Å². The smallest absolute Gasteiger partial charge is 0.363 e. The summed E-state index contributed by atoms with van der Waals surface area (Å²) in [5.41, 5.74) is 7.31. The maximum absolute atomic E-state index is 12.6. The largest absolute Gasteiger partial charge is 0.411 e. The lowest BCUT2D eigenvalue weighted by Crippen LogP contribution is -2.44. The number of carbonyl (C=O) groups excluding carboxylic acids is 2. The number of hydrogen-bond acceptors (Lipinski definition) is 6. The molecule has 2 atom stereocenters. The van der Waals surface area contributed by atoms with E-state index in [4.69, 9.17) is 4.74 Å². The minimum Gasteiger partial charge on any atom is -0.363 e. The van der Waals surface area contributed by atoms with Crippen molar-refractivity contribution in [3.63, 3.8) is 0 Å². The van der Waals surface area contributed by atoms with E-state index in [1.807, 2.05) is 0 Å². The Bertz CT molecular complexity index is 867. The van der Waals surface area contributed by atoms with Crippen LogP contribution in [0.4, 0.5) is 19.0 Å². The SMILES string of the molecule is CC(=O)Nc1cc(C(C)NC(=O)C2=CC(C)=C(C(C)OCC(F)(F)F)NN2)ccn1. The van der Waals surface area contributed by atoms with Crippen LogP contribution in [-0.4, -0.2) is 35.7 Å². The number of aromatic nitrogens is 1. The van der Waals surface area contributed by atoms with Gasteiger partial charge in [0.15, 0.2) is 0 Å². The zero-order valence-electron chi connectivity index (χ0n) is 17.0. The number of nitrogens with one attached hydrogen (secondary N) is 4. The molecule has 8 nitrogen and oxygen atoms in total. The van der Waals surface area contributed by atoms with E-state index in [-0.39, 0.29) is 11.6 Å². The summed E-state index contributed by atoms with van der Waals surface area (Å²) in [6, 6.07) is 2.96. The molecule has 0 aromatic carbocycles. The summed E-state index contributed by atoms with van der Waals surface area (Å²) < 4.78 is 41.8. The van der Waals surface area contributed by atoms with Crippen molar-refractivity contribution in [2.45, 2.75) is 46.0 Å². The first-order valence-corrected chi connectivity index (χ1v) is 9.13. The lowest BCUT2D eigenvalue weighted by Gasteiger charge is -2.27. The molecule has 1 aromatic rings. The molecular formula is C19H24F3N5O3. The minimum atomic E-state index is -4.42. The summed E-state index contributed by atoms with van der Waals surface area (Å²) in [5, 5.41) is 5.38. The van der Waals surface area contributed by atoms with Crippen molar-refractivity contribution >= 4 is 17.6 Å². The van der Waals surface area contributed by atoms with Gasteiger partial charge in [-0.25, -0.2) is 4.98 Å². The van der Waals surface area contributed by atoms with Gasteiger partial charge in [0.1, 0.15) is 18.1 Å². The minimum absolute atomic E-state index is 0.197. The summed E-state index contributed by atoms with van der Waals surface area (Å²) in [5.74, 6) is -0.310. The number of allylic oxidation sites excluding steroid dienone is 2. The van der Waals surface area contributed by atoms with Gasteiger partial charge >= 0.3 is 6.18 Å². The van der Waals surface area contributed by atoms with Crippen LogP contribution in [0.25, 0.3) is 0 Å². The number of hydrogen-bond donors (Lipinski definition) is 4. The van der Waals surface area contributed by atoms with Crippen LogP contribution in [-0.2, 0) is 14.3 Å². The molecule has 30 heavy (non-hydrogen) atoms. The topological polar surface area (TPSA) is 104 Å². The van der Waals surface area contributed by atoms with Gasteiger partial charge in [0.05, 0.1) is 17.8 Å². The zero-order chi connectivity index (χ0) is 22.5. The fourth-order valence-corrected chi connectivity index (χ4v) is 2.73. The molecule has 2 rings (SSSR count). The summed E-state index contributed by atoms with van der Waals surface area (Å²) in [4.78, 5) is 27.7. The van der Waals surface area contributed by atoms with Crippen molar-refractivity contribution in [3.05, 3.63) is 46.9 Å². The molecular weight excluding hydrogens is 403 g/mol. The number of hydrazine groups is 1. The first kappa shape index (κ1) is 23.2. The molecule has 2 unspecified atom stereocenters. The van der Waals surface area contributed by atoms with E-state index in [0.717, 1.165) is 5.56 Å². The Hall–Kier alpha value is -3.08. The van der Waals surface area contributed by atoms with E-state index in [1.54, 1.807) is 26.0 Å². The quantitative estimate of drug-likeness (QED) is 0.533. The Labute approximate surface area is 171 Å². The number of halogens is 3. The van der Waals surface area contributed by atoms with Crippen LogP contribution in [0.3, 0.4) is 0 Å². The molecule has 0 fully saturated rings. The second-order valence-corrected chi connectivity index (χ2v) is 6.82. The molecule has 0 saturated carbocycles. The average molecular weight is 427 g/mol. The van der Waals surface area contributed by atoms with Crippen LogP contribution in [0.5, 0.6) is 0 Å². The Balaban J connectivity index is 2.04. The van der Waals surface area contributed by atoms with E-state index in [9.17, 15) is 22.8 Å². The van der Waals surface area contributed by atoms with Crippen molar-refractivity contribution in [1.82, 2.24) is 21.2 Å². The van der Waals surface area contributed by atoms with E-state index < -0.39 is 30.8 Å². The fraction of sp³-hybridized carbons (Fsp3) is 0.421. The van der Waals surface area contributed by atoms with Gasteiger partial charge in [0.25, 0.3) is 5.91 Å². The van der Waals surface area contributed by atoms with E-state index in [2.05, 4.69) is 26.5 Å². The summed E-state index contributed by atoms with van der Waals surface area (Å²) in [6.07, 6.45) is -2.22. The standard InChI is InChI=1S/C19H24F3N5O3/c1-10-7-15(26-27-17(10)12(3)30-9-19(20,21)22)18(29)24-11(2)14-5-6-23-16(8-14)25-13(4)28/h5-8,11-12,26-27H,9H2,1-4H3,(H,24,29)(H,23,25,28). The number of pyridine rings is 1. The van der Waals surface area contributed by atoms with Gasteiger partial charge in [-0.15, -0.1) is 0 Å². The van der Waals surface area contributed by atoms with Gasteiger partial charge in [-0.05, 0) is 50.1 Å². The summed E-state index contributed by atoms with van der Waals surface area (Å²) in [7, 11) is 0. The molecule has 1 aromatic heterocycles. The summed E-state index contributed by atoms with van der Waals surface area (Å²) >= 11 is 0. The third-order valence-electron chi connectivity index (χ3n) is 4.20. The predicted octanol–water partition coefficient (Wildman–Crippen LogP) is 2.45. The Morgan fingerprint density at radius 1 is 1.27 bits per heavy atom. The number of alkyl halides is 3. The molecule has 0 bridgehead atoms. The molecule has 0 aliphatic carbocycles. The molecule has 0 saturated heterocycles. The third-order valence-corrected chi connectivity index (χ3v) is 4.20. The van der Waals surface area contributed by atoms with Crippen LogP contribution >= 0.6 is 0 Å². The normalized spacial score (nSPS) is 16.0. The third kappa shape index (κ3) is 6.76. The number of amides is 2. The highest BCUT2D eigenvalue weighted by atomic mass is 19.4. The van der Waals surface area contributed by atoms with Crippen LogP contribution in [0.15, 0.2) is 41.4 Å². The first-order valence-electron chi connectivity index (χ1n) is 9.13. The van der Waals surface area contributed by atoms with Crippen LogP contribution < -0.4 is 21.5 Å². The van der Waals surface area contributed by atoms with Crippen LogP contribution in [0.2, 0.25) is 0 Å². The average Bonchev–Trinajstić information content (AvgIpc) is 2.65. The molecule has 1 aliphatic heterocycles. The highest BCUT2D eigenvalue weighted by molar-refractivity contribution is 5.93. The summed E-state index contributed by atoms with van der Waals surface area (Å²) in [6.45, 7) is 4.91. The van der Waals surface area contributed by atoms with Crippen molar-refractivity contribution < 1.29 is 27.5 Å². The Kier molecular flexibility index (Phi) is 7.43. The maximum Gasteiger partial charge on any atom is 0.411 e. The van der Waals surface area contributed by atoms with E-state index in [0.29, 0.717) is 17.1 Å². The molecule has 2 heterocycles. The van der Waals surface area contributed by atoms with Crippen LogP contribution in [0.1, 0.15) is 39.3 Å². The monoisotopic (exact) mass is 427 g/mol. The maximum atomic E-state index is 12.6. The molecule has 0 radical (unpaired) electrons. The van der Waals surface area contributed by atoms with Gasteiger partial charge in [0.2, 0.25) is 5.91 Å². The Morgan fingerprint density at radius 3 is 2.57 bits per heavy atom. The highest BCUT2D eigenvalue weighted by Gasteiger charge is 2.30. The first-order chi connectivity index (χ1) is 14.0.